The highest BCUT2D eigenvalue weighted by atomic mass is 35.5. The lowest BCUT2D eigenvalue weighted by atomic mass is 9.91. The van der Waals surface area contributed by atoms with E-state index in [0.717, 1.165) is 35.0 Å². The molecule has 1 saturated heterocycles. The van der Waals surface area contributed by atoms with Gasteiger partial charge in [0.25, 0.3) is 0 Å². The summed E-state index contributed by atoms with van der Waals surface area (Å²) in [5.41, 5.74) is 2.77. The molecular formula is C22H20Cl2N2O2. The first-order valence-corrected chi connectivity index (χ1v) is 10.1. The van der Waals surface area contributed by atoms with Crippen molar-refractivity contribution >= 4 is 40.1 Å². The van der Waals surface area contributed by atoms with Gasteiger partial charge >= 0.3 is 5.97 Å². The highest BCUT2D eigenvalue weighted by Crippen LogP contribution is 2.39. The Bertz CT molecular complexity index is 1020. The molecule has 1 aliphatic heterocycles. The van der Waals surface area contributed by atoms with Crippen LogP contribution in [-0.2, 0) is 4.79 Å². The van der Waals surface area contributed by atoms with Crippen molar-refractivity contribution in [2.75, 3.05) is 13.1 Å². The summed E-state index contributed by atoms with van der Waals surface area (Å²) in [5, 5.41) is 11.6. The predicted octanol–water partition coefficient (Wildman–Crippen LogP) is 5.43. The van der Waals surface area contributed by atoms with Crippen LogP contribution in [-0.4, -0.2) is 34.0 Å². The van der Waals surface area contributed by atoms with Crippen LogP contribution < -0.4 is 0 Å². The van der Waals surface area contributed by atoms with Gasteiger partial charge in [-0.05, 0) is 48.7 Å². The molecule has 2 aromatic carbocycles. The Morgan fingerprint density at radius 2 is 2.00 bits per heavy atom. The molecule has 0 amide bonds. The first kappa shape index (κ1) is 19.2. The van der Waals surface area contributed by atoms with Gasteiger partial charge in [-0.1, -0.05) is 53.5 Å². The molecule has 0 aliphatic carbocycles. The van der Waals surface area contributed by atoms with Crippen LogP contribution in [0.2, 0.25) is 10.0 Å². The number of carboxylic acids is 1. The molecule has 1 N–H and O–H groups in total. The minimum atomic E-state index is -0.753. The summed E-state index contributed by atoms with van der Waals surface area (Å²) in [6.45, 7) is 1.26. The second-order valence-corrected chi connectivity index (χ2v) is 7.96. The molecule has 1 aliphatic rings. The van der Waals surface area contributed by atoms with Crippen LogP contribution in [0, 0.1) is 5.92 Å². The third kappa shape index (κ3) is 3.72. The number of para-hydroxylation sites is 1. The van der Waals surface area contributed by atoms with Gasteiger partial charge in [-0.2, -0.15) is 0 Å². The normalized spacial score (nSPS) is 18.9. The Kier molecular flexibility index (Phi) is 5.54. The molecule has 1 fully saturated rings. The molecule has 144 valence electrons. The van der Waals surface area contributed by atoms with E-state index >= 15 is 0 Å². The van der Waals surface area contributed by atoms with Gasteiger partial charge in [0.1, 0.15) is 0 Å². The SMILES string of the molecule is O=C(O)C1CCCN(C(c2cnc3ccccc3c2)c2cccc(Cl)c2Cl)C1. The highest BCUT2D eigenvalue weighted by molar-refractivity contribution is 6.42. The van der Waals surface area contributed by atoms with Gasteiger partial charge in [-0.15, -0.1) is 0 Å². The Labute approximate surface area is 173 Å². The van der Waals surface area contributed by atoms with Crippen LogP contribution >= 0.6 is 23.2 Å². The second kappa shape index (κ2) is 8.08. The van der Waals surface area contributed by atoms with Gasteiger partial charge in [0, 0.05) is 18.1 Å². The van der Waals surface area contributed by atoms with Gasteiger partial charge in [0.2, 0.25) is 0 Å². The van der Waals surface area contributed by atoms with Crippen molar-refractivity contribution in [2.24, 2.45) is 5.92 Å². The molecule has 3 aromatic rings. The molecule has 2 atom stereocenters. The number of aromatic nitrogens is 1. The first-order chi connectivity index (χ1) is 13.5. The summed E-state index contributed by atoms with van der Waals surface area (Å²) < 4.78 is 0. The minimum Gasteiger partial charge on any atom is -0.481 e. The molecule has 2 heterocycles. The van der Waals surface area contributed by atoms with Crippen molar-refractivity contribution in [1.29, 1.82) is 0 Å². The smallest absolute Gasteiger partial charge is 0.307 e. The average molecular weight is 415 g/mol. The second-order valence-electron chi connectivity index (χ2n) is 7.18. The zero-order chi connectivity index (χ0) is 19.7. The van der Waals surface area contributed by atoms with E-state index in [9.17, 15) is 9.90 Å². The lowest BCUT2D eigenvalue weighted by Gasteiger charge is -2.38. The third-order valence-corrected chi connectivity index (χ3v) is 6.20. The van der Waals surface area contributed by atoms with Crippen molar-refractivity contribution in [2.45, 2.75) is 18.9 Å². The van der Waals surface area contributed by atoms with Crippen LogP contribution in [0.15, 0.2) is 54.7 Å². The number of benzene rings is 2. The van der Waals surface area contributed by atoms with Crippen molar-refractivity contribution in [3.8, 4) is 0 Å². The van der Waals surface area contributed by atoms with Crippen LogP contribution in [0.3, 0.4) is 0 Å². The molecule has 4 nitrogen and oxygen atoms in total. The van der Waals surface area contributed by atoms with E-state index in [1.807, 2.05) is 42.6 Å². The molecule has 4 rings (SSSR count). The topological polar surface area (TPSA) is 53.4 Å². The lowest BCUT2D eigenvalue weighted by Crippen LogP contribution is -2.41. The Hall–Kier alpha value is -2.14. The predicted molar refractivity (Wildman–Crippen MR) is 112 cm³/mol. The van der Waals surface area contributed by atoms with E-state index in [0.29, 0.717) is 23.0 Å². The van der Waals surface area contributed by atoms with Crippen LogP contribution in [0.25, 0.3) is 10.9 Å². The van der Waals surface area contributed by atoms with Crippen molar-refractivity contribution in [3.05, 3.63) is 75.9 Å². The molecule has 0 spiro atoms. The van der Waals surface area contributed by atoms with Crippen molar-refractivity contribution < 1.29 is 9.90 Å². The maximum Gasteiger partial charge on any atom is 0.307 e. The summed E-state index contributed by atoms with van der Waals surface area (Å²) >= 11 is 12.9. The Morgan fingerprint density at radius 1 is 1.18 bits per heavy atom. The maximum absolute atomic E-state index is 11.6. The van der Waals surface area contributed by atoms with E-state index in [4.69, 9.17) is 23.2 Å². The fourth-order valence-electron chi connectivity index (χ4n) is 4.00. The summed E-state index contributed by atoms with van der Waals surface area (Å²) in [4.78, 5) is 18.4. The molecule has 1 aromatic heterocycles. The van der Waals surface area contributed by atoms with Crippen molar-refractivity contribution in [3.63, 3.8) is 0 Å². The van der Waals surface area contributed by atoms with Crippen LogP contribution in [0.5, 0.6) is 0 Å². The minimum absolute atomic E-state index is 0.203. The molecular weight excluding hydrogens is 395 g/mol. The zero-order valence-electron chi connectivity index (χ0n) is 15.2. The number of likely N-dealkylation sites (tertiary alicyclic amines) is 1. The molecule has 2 unspecified atom stereocenters. The van der Waals surface area contributed by atoms with Crippen LogP contribution in [0.1, 0.15) is 30.0 Å². The fourth-order valence-corrected chi connectivity index (χ4v) is 4.41. The number of aliphatic carboxylic acids is 1. The first-order valence-electron chi connectivity index (χ1n) is 9.30. The monoisotopic (exact) mass is 414 g/mol. The number of carboxylic acid groups (broad SMARTS) is 1. The molecule has 0 bridgehead atoms. The van der Waals surface area contributed by atoms with Crippen molar-refractivity contribution in [1.82, 2.24) is 9.88 Å². The zero-order valence-corrected chi connectivity index (χ0v) is 16.7. The van der Waals surface area contributed by atoms with E-state index in [-0.39, 0.29) is 12.0 Å². The number of fused-ring (bicyclic) bond motifs is 1. The largest absolute Gasteiger partial charge is 0.481 e. The van der Waals surface area contributed by atoms with E-state index in [1.165, 1.54) is 0 Å². The van der Waals surface area contributed by atoms with Gasteiger partial charge in [0.15, 0.2) is 0 Å². The summed E-state index contributed by atoms with van der Waals surface area (Å²) in [6, 6.07) is 15.4. The molecule has 0 radical (unpaired) electrons. The van der Waals surface area contributed by atoms with Gasteiger partial charge < -0.3 is 5.11 Å². The quantitative estimate of drug-likeness (QED) is 0.618. The number of halogens is 2. The fraction of sp³-hybridized carbons (Fsp3) is 0.273. The molecule has 28 heavy (non-hydrogen) atoms. The summed E-state index contributed by atoms with van der Waals surface area (Å²) in [7, 11) is 0. The summed E-state index contributed by atoms with van der Waals surface area (Å²) in [5.74, 6) is -1.14. The highest BCUT2D eigenvalue weighted by Gasteiger charge is 2.32. The number of hydrogen-bond acceptors (Lipinski definition) is 3. The number of piperidine rings is 1. The number of carbonyl (C=O) groups is 1. The van der Waals surface area contributed by atoms with E-state index in [1.54, 1.807) is 6.07 Å². The number of rotatable bonds is 4. The number of nitrogens with zero attached hydrogens (tertiary/aromatic N) is 2. The van der Waals surface area contributed by atoms with E-state index in [2.05, 4.69) is 16.0 Å². The number of hydrogen-bond donors (Lipinski definition) is 1. The summed E-state index contributed by atoms with van der Waals surface area (Å²) in [6.07, 6.45) is 3.37. The van der Waals surface area contributed by atoms with Crippen LogP contribution in [0.4, 0.5) is 0 Å². The standard InChI is InChI=1S/C22H20Cl2N2O2/c23-18-8-3-7-17(20(18)24)21(26-10-4-6-15(13-26)22(27)28)16-11-14-5-1-2-9-19(14)25-12-16/h1-3,5,7-9,11-12,15,21H,4,6,10,13H2,(H,27,28). The maximum atomic E-state index is 11.6. The van der Waals surface area contributed by atoms with E-state index < -0.39 is 5.97 Å². The molecule has 0 saturated carbocycles. The molecule has 6 heteroatoms. The number of pyridine rings is 1. The third-order valence-electron chi connectivity index (χ3n) is 5.37. The lowest BCUT2D eigenvalue weighted by molar-refractivity contribution is -0.143. The Morgan fingerprint density at radius 3 is 2.82 bits per heavy atom. The van der Waals surface area contributed by atoms with Gasteiger partial charge in [-0.25, -0.2) is 0 Å². The Balaban J connectivity index is 1.83. The van der Waals surface area contributed by atoms with Gasteiger partial charge in [0.05, 0.1) is 27.5 Å². The van der Waals surface area contributed by atoms with Gasteiger partial charge in [-0.3, -0.25) is 14.7 Å². The average Bonchev–Trinajstić information content (AvgIpc) is 2.71.